The lowest BCUT2D eigenvalue weighted by Crippen LogP contribution is -2.32. The maximum Gasteiger partial charge on any atom is 0.0618 e. The number of fused-ring (bicyclic) bond motifs is 4. The van der Waals surface area contributed by atoms with Gasteiger partial charge in [0.25, 0.3) is 0 Å². The van der Waals surface area contributed by atoms with E-state index in [1.807, 2.05) is 0 Å². The van der Waals surface area contributed by atoms with Gasteiger partial charge in [-0.15, -0.1) is 0 Å². The molecule has 0 N–H and O–H groups in total. The second-order valence-electron chi connectivity index (χ2n) is 13.4. The molecule has 0 unspecified atom stereocenters. The van der Waals surface area contributed by atoms with Gasteiger partial charge in [-0.1, -0.05) is 147 Å². The van der Waals surface area contributed by atoms with Crippen molar-refractivity contribution in [2.75, 3.05) is 9.80 Å². The van der Waals surface area contributed by atoms with E-state index in [0.717, 1.165) is 11.4 Å². The molecule has 0 aromatic heterocycles. The van der Waals surface area contributed by atoms with E-state index in [4.69, 9.17) is 0 Å². The predicted octanol–water partition coefficient (Wildman–Crippen LogP) is 13.2. The second-order valence-corrected chi connectivity index (χ2v) is 13.4. The molecule has 0 amide bonds. The van der Waals surface area contributed by atoms with Crippen LogP contribution < -0.4 is 9.80 Å². The Labute approximate surface area is 288 Å². The minimum atomic E-state index is -0.297. The lowest BCUT2D eigenvalue weighted by atomic mass is 9.72. The first-order valence-corrected chi connectivity index (χ1v) is 17.0. The monoisotopic (exact) mass is 628 g/mol. The number of para-hydroxylation sites is 3. The fourth-order valence-electron chi connectivity index (χ4n) is 7.91. The van der Waals surface area contributed by atoms with Gasteiger partial charge in [0.1, 0.15) is 0 Å². The van der Waals surface area contributed by atoms with E-state index in [1.54, 1.807) is 0 Å². The molecule has 0 radical (unpaired) electrons. The van der Waals surface area contributed by atoms with Gasteiger partial charge < -0.3 is 9.80 Å². The van der Waals surface area contributed by atoms with Crippen LogP contribution in [-0.4, -0.2) is 0 Å². The molecule has 1 aliphatic rings. The third-order valence-electron chi connectivity index (χ3n) is 10.2. The molecule has 0 fully saturated rings. The van der Waals surface area contributed by atoms with Crippen LogP contribution >= 0.6 is 0 Å². The fourth-order valence-corrected chi connectivity index (χ4v) is 7.91. The highest BCUT2D eigenvalue weighted by Gasteiger charge is 2.40. The fraction of sp³-hybridized carbons (Fsp3) is 0.0638. The Morgan fingerprint density at radius 1 is 0.469 bits per heavy atom. The van der Waals surface area contributed by atoms with Crippen molar-refractivity contribution in [3.05, 3.63) is 193 Å². The second kappa shape index (κ2) is 11.5. The highest BCUT2D eigenvalue weighted by atomic mass is 15.2. The quantitative estimate of drug-likeness (QED) is 0.187. The minimum Gasteiger partial charge on any atom is -0.310 e. The molecule has 0 spiro atoms. The van der Waals surface area contributed by atoms with Gasteiger partial charge in [-0.3, -0.25) is 0 Å². The predicted molar refractivity (Wildman–Crippen MR) is 208 cm³/mol. The summed E-state index contributed by atoms with van der Waals surface area (Å²) >= 11 is 0. The Hall–Kier alpha value is -6.12. The largest absolute Gasteiger partial charge is 0.310 e. The summed E-state index contributed by atoms with van der Waals surface area (Å²) in [5, 5.41) is 4.93. The van der Waals surface area contributed by atoms with Crippen LogP contribution in [0.5, 0.6) is 0 Å². The Morgan fingerprint density at radius 2 is 1.06 bits per heavy atom. The van der Waals surface area contributed by atoms with E-state index in [0.29, 0.717) is 0 Å². The Morgan fingerprint density at radius 3 is 1.82 bits per heavy atom. The van der Waals surface area contributed by atoms with Crippen LogP contribution in [0.1, 0.15) is 25.0 Å². The Bertz CT molecular complexity index is 2440. The van der Waals surface area contributed by atoms with E-state index >= 15 is 0 Å². The number of nitrogens with zero attached hydrogens (tertiary/aromatic N) is 2. The number of hydrogen-bond acceptors (Lipinski definition) is 2. The lowest BCUT2D eigenvalue weighted by Gasteiger charge is -2.45. The summed E-state index contributed by atoms with van der Waals surface area (Å²) in [7, 11) is 0. The van der Waals surface area contributed by atoms with Crippen molar-refractivity contribution >= 4 is 55.7 Å². The molecule has 0 aliphatic carbocycles. The average molecular weight is 629 g/mol. The van der Waals surface area contributed by atoms with Crippen molar-refractivity contribution in [3.8, 4) is 11.1 Å². The van der Waals surface area contributed by atoms with Gasteiger partial charge in [0, 0.05) is 33.3 Å². The van der Waals surface area contributed by atoms with Crippen molar-refractivity contribution < 1.29 is 0 Å². The van der Waals surface area contributed by atoms with Gasteiger partial charge in [-0.2, -0.15) is 0 Å². The lowest BCUT2D eigenvalue weighted by molar-refractivity contribution is 0.632. The minimum absolute atomic E-state index is 0.297. The molecule has 0 bridgehead atoms. The van der Waals surface area contributed by atoms with Crippen molar-refractivity contribution in [1.82, 2.24) is 0 Å². The zero-order valence-electron chi connectivity index (χ0n) is 27.7. The molecule has 49 heavy (non-hydrogen) atoms. The van der Waals surface area contributed by atoms with Crippen LogP contribution in [0.15, 0.2) is 182 Å². The maximum absolute atomic E-state index is 2.54. The zero-order chi connectivity index (χ0) is 33.0. The molecule has 9 rings (SSSR count). The number of hydrogen-bond donors (Lipinski definition) is 0. The van der Waals surface area contributed by atoms with Gasteiger partial charge in [0.05, 0.1) is 22.7 Å². The van der Waals surface area contributed by atoms with Crippen LogP contribution in [0.25, 0.3) is 32.7 Å². The summed E-state index contributed by atoms with van der Waals surface area (Å²) in [6.45, 7) is 4.76. The first-order valence-electron chi connectivity index (χ1n) is 17.0. The summed E-state index contributed by atoms with van der Waals surface area (Å²) in [6, 6.07) is 66.2. The third kappa shape index (κ3) is 4.71. The number of anilines is 6. The zero-order valence-corrected chi connectivity index (χ0v) is 27.7. The van der Waals surface area contributed by atoms with E-state index in [-0.39, 0.29) is 5.41 Å². The molecule has 8 aromatic rings. The molecular weight excluding hydrogens is 593 g/mol. The first-order chi connectivity index (χ1) is 24.1. The van der Waals surface area contributed by atoms with Crippen LogP contribution in [0.2, 0.25) is 0 Å². The van der Waals surface area contributed by atoms with Gasteiger partial charge in [-0.05, 0) is 75.8 Å². The SMILES string of the molecule is CC1(C)c2ccccc2N(c2c(-c3ccc4ccccc4c3)ccc3ccccc23)c2cccc(N(c3ccccc3)c3ccccc3)c21. The molecule has 1 heterocycles. The summed E-state index contributed by atoms with van der Waals surface area (Å²) < 4.78 is 0. The summed E-state index contributed by atoms with van der Waals surface area (Å²) in [4.78, 5) is 4.96. The van der Waals surface area contributed by atoms with Crippen LogP contribution in [0, 0.1) is 0 Å². The number of rotatable bonds is 5. The number of benzene rings is 8. The van der Waals surface area contributed by atoms with E-state index < -0.39 is 0 Å². The standard InChI is InChI=1S/C47H36N2/c1-47(2)41-24-13-14-25-42(41)49(44-27-15-26-43(45(44)47)48(37-19-5-3-6-20-37)38-21-7-4-8-22-38)46-39-23-12-11-17-34(39)30-31-40(46)36-29-28-33-16-9-10-18-35(33)32-36/h3-32H,1-2H3. The van der Waals surface area contributed by atoms with E-state index in [2.05, 4.69) is 206 Å². The first kappa shape index (κ1) is 29.1. The van der Waals surface area contributed by atoms with Crippen molar-refractivity contribution in [2.24, 2.45) is 0 Å². The van der Waals surface area contributed by atoms with Gasteiger partial charge in [0.15, 0.2) is 0 Å². The van der Waals surface area contributed by atoms with E-state index in [1.165, 1.54) is 66.5 Å². The molecule has 2 heteroatoms. The van der Waals surface area contributed by atoms with E-state index in [9.17, 15) is 0 Å². The van der Waals surface area contributed by atoms with Gasteiger partial charge >= 0.3 is 0 Å². The molecule has 8 aromatic carbocycles. The highest BCUT2D eigenvalue weighted by molar-refractivity contribution is 6.08. The molecular formula is C47H36N2. The summed E-state index contributed by atoms with van der Waals surface area (Å²) in [5.74, 6) is 0. The van der Waals surface area contributed by atoms with Gasteiger partial charge in [-0.25, -0.2) is 0 Å². The topological polar surface area (TPSA) is 6.48 Å². The van der Waals surface area contributed by atoms with Crippen molar-refractivity contribution in [3.63, 3.8) is 0 Å². The average Bonchev–Trinajstić information content (AvgIpc) is 3.16. The molecule has 1 aliphatic heterocycles. The third-order valence-corrected chi connectivity index (χ3v) is 10.2. The van der Waals surface area contributed by atoms with Crippen molar-refractivity contribution in [1.29, 1.82) is 0 Å². The molecule has 0 saturated heterocycles. The van der Waals surface area contributed by atoms with Crippen LogP contribution in [-0.2, 0) is 5.41 Å². The Kier molecular flexibility index (Phi) is 6.84. The summed E-state index contributed by atoms with van der Waals surface area (Å²) in [6.07, 6.45) is 0. The normalized spacial score (nSPS) is 13.2. The van der Waals surface area contributed by atoms with Crippen LogP contribution in [0.3, 0.4) is 0 Å². The van der Waals surface area contributed by atoms with Crippen molar-refractivity contribution in [2.45, 2.75) is 19.3 Å². The summed E-state index contributed by atoms with van der Waals surface area (Å²) in [5.41, 5.74) is 11.7. The van der Waals surface area contributed by atoms with Gasteiger partial charge in [0.2, 0.25) is 0 Å². The molecule has 2 nitrogen and oxygen atoms in total. The molecule has 0 saturated carbocycles. The molecule has 234 valence electrons. The Balaban J connectivity index is 1.38. The smallest absolute Gasteiger partial charge is 0.0618 e. The molecule has 0 atom stereocenters. The maximum atomic E-state index is 2.54. The van der Waals surface area contributed by atoms with Crippen LogP contribution in [0.4, 0.5) is 34.1 Å². The highest BCUT2D eigenvalue weighted by Crippen LogP contribution is 2.58.